The van der Waals surface area contributed by atoms with E-state index in [9.17, 15) is 14.7 Å². The molecule has 0 radical (unpaired) electrons. The SMILES string of the molecule is C=C1[C@@H](OC(C)=O)[C@@]23CC[C@@H]4[C@@](C)(COC(C)=O)CCC[C@@]4(C)[C@@H]2CC[C@@H]1C3O. The molecule has 4 aliphatic rings. The first-order chi connectivity index (χ1) is 13.6. The van der Waals surface area contributed by atoms with Crippen LogP contribution in [0.3, 0.4) is 0 Å². The highest BCUT2D eigenvalue weighted by atomic mass is 16.5. The second kappa shape index (κ2) is 6.83. The van der Waals surface area contributed by atoms with Gasteiger partial charge in [0.25, 0.3) is 0 Å². The van der Waals surface area contributed by atoms with Gasteiger partial charge in [0, 0.05) is 30.6 Å². The van der Waals surface area contributed by atoms with E-state index in [0.717, 1.165) is 50.5 Å². The molecule has 1 spiro atoms. The fourth-order valence-electron chi connectivity index (χ4n) is 8.31. The number of hydrogen-bond donors (Lipinski definition) is 1. The van der Waals surface area contributed by atoms with E-state index < -0.39 is 11.5 Å². The zero-order valence-electron chi connectivity index (χ0n) is 18.3. The van der Waals surface area contributed by atoms with E-state index in [1.165, 1.54) is 13.8 Å². The molecule has 0 aliphatic heterocycles. The van der Waals surface area contributed by atoms with Crippen LogP contribution in [0.15, 0.2) is 12.2 Å². The van der Waals surface area contributed by atoms with E-state index in [1.54, 1.807) is 0 Å². The molecule has 5 heteroatoms. The van der Waals surface area contributed by atoms with E-state index in [0.29, 0.717) is 12.5 Å². The number of rotatable bonds is 3. The number of aliphatic hydroxyl groups excluding tert-OH is 1. The minimum absolute atomic E-state index is 0.0281. The van der Waals surface area contributed by atoms with Crippen LogP contribution in [0.1, 0.15) is 72.6 Å². The summed E-state index contributed by atoms with van der Waals surface area (Å²) in [7, 11) is 0. The molecule has 0 aromatic carbocycles. The topological polar surface area (TPSA) is 72.8 Å². The molecule has 0 heterocycles. The van der Waals surface area contributed by atoms with Gasteiger partial charge in [-0.1, -0.05) is 26.8 Å². The van der Waals surface area contributed by atoms with E-state index in [1.807, 2.05) is 0 Å². The van der Waals surface area contributed by atoms with E-state index >= 15 is 0 Å². The molecule has 1 unspecified atom stereocenters. The van der Waals surface area contributed by atoms with Crippen LogP contribution in [0, 0.1) is 34.0 Å². The van der Waals surface area contributed by atoms with Gasteiger partial charge in [-0.05, 0) is 61.3 Å². The Hall–Kier alpha value is -1.36. The first kappa shape index (κ1) is 20.9. The predicted molar refractivity (Wildman–Crippen MR) is 109 cm³/mol. The third-order valence-corrected chi connectivity index (χ3v) is 9.30. The summed E-state index contributed by atoms with van der Waals surface area (Å²) in [6.07, 6.45) is 6.13. The molecule has 0 aromatic heterocycles. The van der Waals surface area contributed by atoms with Gasteiger partial charge in [-0.15, -0.1) is 0 Å². The molecule has 1 N–H and O–H groups in total. The summed E-state index contributed by atoms with van der Waals surface area (Å²) < 4.78 is 11.4. The number of esters is 2. The molecule has 29 heavy (non-hydrogen) atoms. The summed E-state index contributed by atoms with van der Waals surface area (Å²) in [6, 6.07) is 0. The number of fused-ring (bicyclic) bond motifs is 3. The minimum Gasteiger partial charge on any atom is -0.465 e. The van der Waals surface area contributed by atoms with Crippen LogP contribution < -0.4 is 0 Å². The zero-order valence-corrected chi connectivity index (χ0v) is 18.3. The molecular weight excluding hydrogens is 368 g/mol. The van der Waals surface area contributed by atoms with Crippen LogP contribution in [-0.2, 0) is 19.1 Å². The summed E-state index contributed by atoms with van der Waals surface area (Å²) in [6.45, 7) is 12.3. The maximum absolute atomic E-state index is 11.9. The molecule has 5 nitrogen and oxygen atoms in total. The van der Waals surface area contributed by atoms with Crippen molar-refractivity contribution in [1.82, 2.24) is 0 Å². The Morgan fingerprint density at radius 1 is 1.07 bits per heavy atom. The number of carbonyl (C=O) groups excluding carboxylic acids is 2. The van der Waals surface area contributed by atoms with Crippen LogP contribution in [-0.4, -0.2) is 35.9 Å². The van der Waals surface area contributed by atoms with Gasteiger partial charge in [0.2, 0.25) is 0 Å². The van der Waals surface area contributed by atoms with Crippen molar-refractivity contribution in [1.29, 1.82) is 0 Å². The van der Waals surface area contributed by atoms with E-state index in [4.69, 9.17) is 9.47 Å². The quantitative estimate of drug-likeness (QED) is 0.568. The van der Waals surface area contributed by atoms with Gasteiger partial charge in [-0.3, -0.25) is 9.59 Å². The largest absolute Gasteiger partial charge is 0.465 e. The monoisotopic (exact) mass is 404 g/mol. The third-order valence-electron chi connectivity index (χ3n) is 9.30. The molecule has 0 amide bonds. The van der Waals surface area contributed by atoms with Gasteiger partial charge in [-0.25, -0.2) is 0 Å². The first-order valence-electron chi connectivity index (χ1n) is 11.2. The number of ether oxygens (including phenoxy) is 2. The summed E-state index contributed by atoms with van der Waals surface area (Å²) >= 11 is 0. The maximum Gasteiger partial charge on any atom is 0.303 e. The molecule has 162 valence electrons. The average Bonchev–Trinajstić information content (AvgIpc) is 2.75. The Kier molecular flexibility index (Phi) is 4.92. The smallest absolute Gasteiger partial charge is 0.303 e. The Labute approximate surface area is 174 Å². The Morgan fingerprint density at radius 2 is 1.79 bits per heavy atom. The van der Waals surface area contributed by atoms with Gasteiger partial charge in [0.15, 0.2) is 0 Å². The second-order valence-corrected chi connectivity index (χ2v) is 10.7. The van der Waals surface area contributed by atoms with Crippen molar-refractivity contribution < 1.29 is 24.2 Å². The van der Waals surface area contributed by atoms with Crippen molar-refractivity contribution in [3.63, 3.8) is 0 Å². The van der Waals surface area contributed by atoms with Crippen molar-refractivity contribution in [2.24, 2.45) is 34.0 Å². The molecule has 4 aliphatic carbocycles. The molecular formula is C24H36O5. The standard InChI is InChI=1S/C24H36O5/c1-14-17-7-8-19-23(5)11-6-10-22(4,13-28-15(2)25)18(23)9-12-24(19,20(17)27)21(14)29-16(3)26/h17-21,27H,1,6-13H2,2-5H3/t17-,18+,19-,20?,21+,22+,23+,24-/m0/s1. The van der Waals surface area contributed by atoms with Crippen LogP contribution in [0.4, 0.5) is 0 Å². The fourth-order valence-corrected chi connectivity index (χ4v) is 8.31. The van der Waals surface area contributed by atoms with Crippen molar-refractivity contribution >= 4 is 11.9 Å². The second-order valence-electron chi connectivity index (χ2n) is 10.7. The van der Waals surface area contributed by atoms with Crippen LogP contribution in [0.5, 0.6) is 0 Å². The lowest BCUT2D eigenvalue weighted by Gasteiger charge is -2.65. The van der Waals surface area contributed by atoms with Crippen molar-refractivity contribution in [2.75, 3.05) is 6.61 Å². The van der Waals surface area contributed by atoms with Gasteiger partial charge in [0.05, 0.1) is 12.7 Å². The van der Waals surface area contributed by atoms with Gasteiger partial charge in [-0.2, -0.15) is 0 Å². The summed E-state index contributed by atoms with van der Waals surface area (Å²) in [4.78, 5) is 23.4. The van der Waals surface area contributed by atoms with Crippen LogP contribution in [0.2, 0.25) is 0 Å². The molecule has 2 bridgehead atoms. The van der Waals surface area contributed by atoms with Crippen molar-refractivity contribution in [2.45, 2.75) is 84.8 Å². The molecule has 0 aromatic rings. The number of aliphatic hydroxyl groups is 1. The zero-order chi connectivity index (χ0) is 21.2. The molecule has 4 rings (SSSR count). The number of hydrogen-bond acceptors (Lipinski definition) is 5. The van der Waals surface area contributed by atoms with Crippen LogP contribution in [0.25, 0.3) is 0 Å². The van der Waals surface area contributed by atoms with Crippen molar-refractivity contribution in [3.05, 3.63) is 12.2 Å². The van der Waals surface area contributed by atoms with E-state index in [-0.39, 0.29) is 40.7 Å². The van der Waals surface area contributed by atoms with Crippen molar-refractivity contribution in [3.8, 4) is 0 Å². The molecule has 4 fully saturated rings. The predicted octanol–water partition coefficient (Wildman–Crippen LogP) is 4.03. The molecule has 0 saturated heterocycles. The molecule has 8 atom stereocenters. The lowest BCUT2D eigenvalue weighted by molar-refractivity contribution is -0.219. The Morgan fingerprint density at radius 3 is 2.45 bits per heavy atom. The highest BCUT2D eigenvalue weighted by Gasteiger charge is 2.71. The lowest BCUT2D eigenvalue weighted by Crippen LogP contribution is -2.63. The Balaban J connectivity index is 1.73. The average molecular weight is 405 g/mol. The Bertz CT molecular complexity index is 731. The van der Waals surface area contributed by atoms with Crippen LogP contribution >= 0.6 is 0 Å². The lowest BCUT2D eigenvalue weighted by atomic mass is 9.40. The molecule has 4 saturated carbocycles. The highest BCUT2D eigenvalue weighted by molar-refractivity contribution is 5.67. The van der Waals surface area contributed by atoms with Gasteiger partial charge >= 0.3 is 11.9 Å². The van der Waals surface area contributed by atoms with Gasteiger partial charge in [0.1, 0.15) is 6.10 Å². The van der Waals surface area contributed by atoms with Gasteiger partial charge < -0.3 is 14.6 Å². The maximum atomic E-state index is 11.9. The summed E-state index contributed by atoms with van der Waals surface area (Å²) in [5.74, 6) is 0.227. The normalized spacial score (nSPS) is 48.4. The summed E-state index contributed by atoms with van der Waals surface area (Å²) in [5, 5.41) is 11.4. The van der Waals surface area contributed by atoms with E-state index in [2.05, 4.69) is 20.4 Å². The third kappa shape index (κ3) is 2.83. The number of carbonyl (C=O) groups is 2. The fraction of sp³-hybridized carbons (Fsp3) is 0.833. The highest BCUT2D eigenvalue weighted by Crippen LogP contribution is 2.72. The first-order valence-corrected chi connectivity index (χ1v) is 11.2. The summed E-state index contributed by atoms with van der Waals surface area (Å²) in [5.41, 5.74) is 0.474. The minimum atomic E-state index is -0.488.